The van der Waals surface area contributed by atoms with E-state index in [0.29, 0.717) is 15.6 Å². The Morgan fingerprint density at radius 1 is 1.40 bits per heavy atom. The van der Waals surface area contributed by atoms with E-state index in [1.807, 2.05) is 13.8 Å². The summed E-state index contributed by atoms with van der Waals surface area (Å²) < 4.78 is 15.5. The van der Waals surface area contributed by atoms with Crippen LogP contribution >= 0.6 is 11.8 Å². The smallest absolute Gasteiger partial charge is 0.324 e. The number of hydrogen-bond acceptors (Lipinski definition) is 4. The average molecular weight is 296 g/mol. The van der Waals surface area contributed by atoms with Crippen molar-refractivity contribution >= 4 is 11.8 Å². The normalized spacial score (nSPS) is 12.9. The van der Waals surface area contributed by atoms with Gasteiger partial charge in [-0.15, -0.1) is 5.10 Å². The van der Waals surface area contributed by atoms with E-state index in [4.69, 9.17) is 5.73 Å². The average Bonchev–Trinajstić information content (AvgIpc) is 2.72. The molecule has 0 amide bonds. The number of nitrogens with one attached hydrogen (secondary N) is 1. The maximum atomic E-state index is 14.0. The van der Waals surface area contributed by atoms with Crippen LogP contribution in [0, 0.1) is 5.82 Å². The zero-order chi connectivity index (χ0) is 14.9. The standard InChI is InChI=1S/C13H17FN4OS/c1-7(2)18-12(19)16-17-13(18)20-11-9(8(3)15)5-4-6-10(11)14/h4-8H,15H2,1-3H3,(H,16,19). The van der Waals surface area contributed by atoms with E-state index < -0.39 is 0 Å². The van der Waals surface area contributed by atoms with E-state index >= 15 is 0 Å². The molecular formula is C13H17FN4OS. The van der Waals surface area contributed by atoms with Gasteiger partial charge in [0, 0.05) is 12.1 Å². The largest absolute Gasteiger partial charge is 0.344 e. The van der Waals surface area contributed by atoms with E-state index in [0.717, 1.165) is 11.8 Å². The van der Waals surface area contributed by atoms with Crippen molar-refractivity contribution in [2.45, 2.75) is 42.9 Å². The van der Waals surface area contributed by atoms with Gasteiger partial charge in [-0.3, -0.25) is 4.57 Å². The molecule has 0 bridgehead atoms. The van der Waals surface area contributed by atoms with Crippen LogP contribution in [0.3, 0.4) is 0 Å². The highest BCUT2D eigenvalue weighted by Crippen LogP contribution is 2.34. The molecule has 1 aromatic heterocycles. The highest BCUT2D eigenvalue weighted by Gasteiger charge is 2.18. The summed E-state index contributed by atoms with van der Waals surface area (Å²) in [7, 11) is 0. The topological polar surface area (TPSA) is 76.7 Å². The molecule has 0 aliphatic heterocycles. The van der Waals surface area contributed by atoms with E-state index in [1.165, 1.54) is 10.6 Å². The summed E-state index contributed by atoms with van der Waals surface area (Å²) in [5.41, 5.74) is 6.25. The number of rotatable bonds is 4. The molecule has 0 fully saturated rings. The molecule has 0 radical (unpaired) electrons. The second-order valence-corrected chi connectivity index (χ2v) is 5.80. The molecule has 0 spiro atoms. The predicted molar refractivity (Wildman–Crippen MR) is 76.4 cm³/mol. The second-order valence-electron chi connectivity index (χ2n) is 4.82. The summed E-state index contributed by atoms with van der Waals surface area (Å²) in [6.45, 7) is 5.53. The Bertz CT molecular complexity index is 663. The fourth-order valence-electron chi connectivity index (χ4n) is 1.90. The van der Waals surface area contributed by atoms with Gasteiger partial charge in [0.1, 0.15) is 5.82 Å². The van der Waals surface area contributed by atoms with E-state index in [1.54, 1.807) is 19.1 Å². The van der Waals surface area contributed by atoms with Crippen molar-refractivity contribution < 1.29 is 4.39 Å². The van der Waals surface area contributed by atoms with Crippen LogP contribution < -0.4 is 11.4 Å². The fraction of sp³-hybridized carbons (Fsp3) is 0.385. The highest BCUT2D eigenvalue weighted by molar-refractivity contribution is 7.99. The van der Waals surface area contributed by atoms with Crippen LogP contribution in [0.25, 0.3) is 0 Å². The highest BCUT2D eigenvalue weighted by atomic mass is 32.2. The molecule has 1 aromatic carbocycles. The Hall–Kier alpha value is -1.60. The molecule has 1 unspecified atom stereocenters. The molecule has 2 rings (SSSR count). The molecule has 0 saturated carbocycles. The molecule has 0 saturated heterocycles. The van der Waals surface area contributed by atoms with Crippen LogP contribution in [0.1, 0.15) is 38.4 Å². The molecule has 3 N–H and O–H groups in total. The minimum atomic E-state index is -0.365. The van der Waals surface area contributed by atoms with Gasteiger partial charge in [0.15, 0.2) is 5.16 Å². The number of aromatic nitrogens is 3. The summed E-state index contributed by atoms with van der Waals surface area (Å²) in [5.74, 6) is -0.365. The SMILES string of the molecule is CC(N)c1cccc(F)c1Sc1n[nH]c(=O)n1C(C)C. The monoisotopic (exact) mass is 296 g/mol. The molecule has 20 heavy (non-hydrogen) atoms. The molecule has 1 heterocycles. The quantitative estimate of drug-likeness (QED) is 0.908. The first-order chi connectivity index (χ1) is 9.41. The van der Waals surface area contributed by atoms with Crippen LogP contribution in [-0.2, 0) is 0 Å². The van der Waals surface area contributed by atoms with Gasteiger partial charge in [0.25, 0.3) is 0 Å². The van der Waals surface area contributed by atoms with Gasteiger partial charge < -0.3 is 5.73 Å². The summed E-state index contributed by atoms with van der Waals surface area (Å²) in [6, 6.07) is 4.41. The molecule has 0 aliphatic rings. The summed E-state index contributed by atoms with van der Waals surface area (Å²) in [5, 5.41) is 6.77. The third-order valence-electron chi connectivity index (χ3n) is 2.87. The van der Waals surface area contributed by atoms with Crippen LogP contribution in [0.4, 0.5) is 4.39 Å². The summed E-state index contributed by atoms with van der Waals surface area (Å²) in [4.78, 5) is 12.1. The van der Waals surface area contributed by atoms with Gasteiger partial charge in [0.05, 0.1) is 4.90 Å². The van der Waals surface area contributed by atoms with Crippen LogP contribution in [-0.4, -0.2) is 14.8 Å². The van der Waals surface area contributed by atoms with Gasteiger partial charge in [0.2, 0.25) is 0 Å². The number of hydrogen-bond donors (Lipinski definition) is 2. The Balaban J connectivity index is 2.48. The minimum absolute atomic E-state index is 0.0609. The minimum Gasteiger partial charge on any atom is -0.324 e. The van der Waals surface area contributed by atoms with Gasteiger partial charge in [-0.25, -0.2) is 14.3 Å². The van der Waals surface area contributed by atoms with Crippen molar-refractivity contribution in [3.8, 4) is 0 Å². The first kappa shape index (κ1) is 14.8. The zero-order valence-electron chi connectivity index (χ0n) is 11.6. The van der Waals surface area contributed by atoms with Gasteiger partial charge >= 0.3 is 5.69 Å². The fourth-order valence-corrected chi connectivity index (χ4v) is 3.10. The van der Waals surface area contributed by atoms with Crippen LogP contribution in [0.2, 0.25) is 0 Å². The third-order valence-corrected chi connectivity index (χ3v) is 3.98. The third kappa shape index (κ3) is 2.78. The Morgan fingerprint density at radius 3 is 2.70 bits per heavy atom. The summed E-state index contributed by atoms with van der Waals surface area (Å²) in [6.07, 6.45) is 0. The lowest BCUT2D eigenvalue weighted by Gasteiger charge is -2.14. The maximum Gasteiger partial charge on any atom is 0.344 e. The number of H-pyrrole nitrogens is 1. The van der Waals surface area contributed by atoms with Crippen molar-refractivity contribution in [3.63, 3.8) is 0 Å². The number of nitrogens with zero attached hydrogens (tertiary/aromatic N) is 2. The van der Waals surface area contributed by atoms with Crippen molar-refractivity contribution in [1.29, 1.82) is 0 Å². The van der Waals surface area contributed by atoms with Crippen molar-refractivity contribution in [1.82, 2.24) is 14.8 Å². The molecule has 7 heteroatoms. The molecule has 5 nitrogen and oxygen atoms in total. The number of nitrogens with two attached hydrogens (primary N) is 1. The van der Waals surface area contributed by atoms with Crippen molar-refractivity contribution in [2.75, 3.05) is 0 Å². The molecule has 108 valence electrons. The predicted octanol–water partition coefficient (Wildman–Crippen LogP) is 2.46. The van der Waals surface area contributed by atoms with E-state index in [2.05, 4.69) is 10.2 Å². The lowest BCUT2D eigenvalue weighted by molar-refractivity contribution is 0.532. The molecule has 2 aromatic rings. The zero-order valence-corrected chi connectivity index (χ0v) is 12.4. The van der Waals surface area contributed by atoms with Crippen LogP contribution in [0.5, 0.6) is 0 Å². The number of aromatic amines is 1. The Labute approximate surface area is 120 Å². The van der Waals surface area contributed by atoms with Crippen LogP contribution in [0.15, 0.2) is 33.0 Å². The number of benzene rings is 1. The first-order valence-electron chi connectivity index (χ1n) is 6.30. The van der Waals surface area contributed by atoms with Crippen molar-refractivity contribution in [3.05, 3.63) is 40.1 Å². The number of halogens is 1. The van der Waals surface area contributed by atoms with Gasteiger partial charge in [-0.1, -0.05) is 12.1 Å². The molecule has 1 atom stereocenters. The Kier molecular flexibility index (Phi) is 4.29. The maximum absolute atomic E-state index is 14.0. The summed E-state index contributed by atoms with van der Waals surface area (Å²) >= 11 is 1.11. The van der Waals surface area contributed by atoms with Gasteiger partial charge in [-0.05, 0) is 44.2 Å². The molecular weight excluding hydrogens is 279 g/mol. The Morgan fingerprint density at radius 2 is 2.10 bits per heavy atom. The second kappa shape index (κ2) is 5.80. The lowest BCUT2D eigenvalue weighted by Crippen LogP contribution is -2.19. The van der Waals surface area contributed by atoms with E-state index in [-0.39, 0.29) is 23.6 Å². The lowest BCUT2D eigenvalue weighted by atomic mass is 10.1. The van der Waals surface area contributed by atoms with E-state index in [9.17, 15) is 9.18 Å². The molecule has 0 aliphatic carbocycles. The van der Waals surface area contributed by atoms with Gasteiger partial charge in [-0.2, -0.15) is 0 Å². The first-order valence-corrected chi connectivity index (χ1v) is 7.12. The van der Waals surface area contributed by atoms with Crippen molar-refractivity contribution in [2.24, 2.45) is 5.73 Å².